The molecular formula is C17H28N2O. The Bertz CT molecular complexity index is 377. The molecule has 112 valence electrons. The highest BCUT2D eigenvalue weighted by Gasteiger charge is 2.14. The van der Waals surface area contributed by atoms with Gasteiger partial charge in [0, 0.05) is 32.8 Å². The van der Waals surface area contributed by atoms with Crippen LogP contribution in [0.3, 0.4) is 0 Å². The zero-order valence-electron chi connectivity index (χ0n) is 12.9. The van der Waals surface area contributed by atoms with Crippen LogP contribution in [-0.2, 0) is 17.8 Å². The number of rotatable bonds is 6. The Hall–Kier alpha value is -0.900. The van der Waals surface area contributed by atoms with E-state index in [0.29, 0.717) is 6.10 Å². The summed E-state index contributed by atoms with van der Waals surface area (Å²) in [7, 11) is 0. The second kappa shape index (κ2) is 8.40. The van der Waals surface area contributed by atoms with E-state index < -0.39 is 0 Å². The van der Waals surface area contributed by atoms with E-state index in [9.17, 15) is 0 Å². The van der Waals surface area contributed by atoms with E-state index in [1.54, 1.807) is 0 Å². The summed E-state index contributed by atoms with van der Waals surface area (Å²) in [5.41, 5.74) is 2.77. The number of hydrogen-bond acceptors (Lipinski definition) is 3. The molecule has 1 aliphatic heterocycles. The fraction of sp³-hybridized carbons (Fsp3) is 0.647. The smallest absolute Gasteiger partial charge is 0.0674 e. The van der Waals surface area contributed by atoms with E-state index in [4.69, 9.17) is 4.74 Å². The molecule has 1 heterocycles. The van der Waals surface area contributed by atoms with Crippen LogP contribution in [0.5, 0.6) is 0 Å². The molecule has 3 heteroatoms. The zero-order chi connectivity index (χ0) is 14.2. The third-order valence-corrected chi connectivity index (χ3v) is 3.72. The summed E-state index contributed by atoms with van der Waals surface area (Å²) < 4.78 is 5.69. The standard InChI is InChI=1S/C17H28N2O/c1-3-9-18-12-16-5-7-17(8-6-16)14-19-10-4-11-20-15(2)13-19/h5-8,15,18H,3-4,9-14H2,1-2H3. The topological polar surface area (TPSA) is 24.5 Å². The summed E-state index contributed by atoms with van der Waals surface area (Å²) in [6.45, 7) is 10.6. The molecule has 3 nitrogen and oxygen atoms in total. The van der Waals surface area contributed by atoms with Crippen molar-refractivity contribution in [2.24, 2.45) is 0 Å². The van der Waals surface area contributed by atoms with Gasteiger partial charge in [0.2, 0.25) is 0 Å². The number of nitrogens with one attached hydrogen (secondary N) is 1. The molecule has 1 aromatic carbocycles. The molecule has 2 rings (SSSR count). The number of nitrogens with zero attached hydrogens (tertiary/aromatic N) is 1. The van der Waals surface area contributed by atoms with Crippen LogP contribution in [0.1, 0.15) is 37.8 Å². The van der Waals surface area contributed by atoms with Crippen molar-refractivity contribution in [3.05, 3.63) is 35.4 Å². The van der Waals surface area contributed by atoms with Crippen molar-refractivity contribution in [2.75, 3.05) is 26.2 Å². The lowest BCUT2D eigenvalue weighted by Gasteiger charge is -2.21. The van der Waals surface area contributed by atoms with Gasteiger partial charge in [-0.3, -0.25) is 4.90 Å². The molecule has 1 atom stereocenters. The molecule has 1 fully saturated rings. The van der Waals surface area contributed by atoms with E-state index in [-0.39, 0.29) is 0 Å². The molecule has 1 saturated heterocycles. The van der Waals surface area contributed by atoms with Crippen molar-refractivity contribution in [2.45, 2.75) is 45.9 Å². The molecular weight excluding hydrogens is 248 g/mol. The molecule has 0 saturated carbocycles. The van der Waals surface area contributed by atoms with Crippen LogP contribution in [0.2, 0.25) is 0 Å². The minimum atomic E-state index is 0.356. The molecule has 1 N–H and O–H groups in total. The molecule has 20 heavy (non-hydrogen) atoms. The van der Waals surface area contributed by atoms with Gasteiger partial charge in [-0.2, -0.15) is 0 Å². The molecule has 0 radical (unpaired) electrons. The molecule has 1 aliphatic rings. The van der Waals surface area contributed by atoms with Crippen LogP contribution in [0, 0.1) is 0 Å². The van der Waals surface area contributed by atoms with Crippen LogP contribution < -0.4 is 5.32 Å². The Morgan fingerprint density at radius 2 is 2.00 bits per heavy atom. The Morgan fingerprint density at radius 3 is 2.75 bits per heavy atom. The van der Waals surface area contributed by atoms with Gasteiger partial charge in [0.15, 0.2) is 0 Å². The summed E-state index contributed by atoms with van der Waals surface area (Å²) >= 11 is 0. The Kier molecular flexibility index (Phi) is 6.51. The minimum absolute atomic E-state index is 0.356. The Balaban J connectivity index is 1.83. The first-order valence-electron chi connectivity index (χ1n) is 7.90. The van der Waals surface area contributed by atoms with E-state index >= 15 is 0 Å². The third kappa shape index (κ3) is 5.23. The Morgan fingerprint density at radius 1 is 1.25 bits per heavy atom. The first kappa shape index (κ1) is 15.5. The van der Waals surface area contributed by atoms with Gasteiger partial charge in [0.1, 0.15) is 0 Å². The highest BCUT2D eigenvalue weighted by Crippen LogP contribution is 2.11. The maximum absolute atomic E-state index is 5.69. The average Bonchev–Trinajstić information content (AvgIpc) is 2.65. The first-order chi connectivity index (χ1) is 9.78. The lowest BCUT2D eigenvalue weighted by Crippen LogP contribution is -2.29. The van der Waals surface area contributed by atoms with Gasteiger partial charge in [-0.1, -0.05) is 31.2 Å². The summed E-state index contributed by atoms with van der Waals surface area (Å²) in [6.07, 6.45) is 2.69. The molecule has 0 aliphatic carbocycles. The predicted octanol–water partition coefficient (Wildman–Crippen LogP) is 2.80. The van der Waals surface area contributed by atoms with Crippen molar-refractivity contribution in [1.82, 2.24) is 10.2 Å². The largest absolute Gasteiger partial charge is 0.377 e. The fourth-order valence-corrected chi connectivity index (χ4v) is 2.65. The van der Waals surface area contributed by atoms with Gasteiger partial charge < -0.3 is 10.1 Å². The van der Waals surface area contributed by atoms with Crippen molar-refractivity contribution < 1.29 is 4.74 Å². The van der Waals surface area contributed by atoms with Gasteiger partial charge >= 0.3 is 0 Å². The Labute approximate surface area is 123 Å². The third-order valence-electron chi connectivity index (χ3n) is 3.72. The van der Waals surface area contributed by atoms with Gasteiger partial charge in [-0.25, -0.2) is 0 Å². The number of hydrogen-bond donors (Lipinski definition) is 1. The molecule has 0 spiro atoms. The normalized spacial score (nSPS) is 20.8. The lowest BCUT2D eigenvalue weighted by atomic mass is 10.1. The second-order valence-corrected chi connectivity index (χ2v) is 5.76. The van der Waals surface area contributed by atoms with Gasteiger partial charge in [-0.05, 0) is 37.4 Å². The first-order valence-corrected chi connectivity index (χ1v) is 7.90. The van der Waals surface area contributed by atoms with Crippen LogP contribution >= 0.6 is 0 Å². The van der Waals surface area contributed by atoms with Gasteiger partial charge in [-0.15, -0.1) is 0 Å². The predicted molar refractivity (Wildman–Crippen MR) is 83.7 cm³/mol. The van der Waals surface area contributed by atoms with Crippen LogP contribution in [0.15, 0.2) is 24.3 Å². The fourth-order valence-electron chi connectivity index (χ4n) is 2.65. The summed E-state index contributed by atoms with van der Waals surface area (Å²) in [5, 5.41) is 3.44. The maximum Gasteiger partial charge on any atom is 0.0674 e. The second-order valence-electron chi connectivity index (χ2n) is 5.76. The molecule has 0 bridgehead atoms. The highest BCUT2D eigenvalue weighted by atomic mass is 16.5. The molecule has 0 aromatic heterocycles. The maximum atomic E-state index is 5.69. The average molecular weight is 276 g/mol. The molecule has 1 aromatic rings. The van der Waals surface area contributed by atoms with E-state index in [2.05, 4.69) is 48.3 Å². The summed E-state index contributed by atoms with van der Waals surface area (Å²) in [4.78, 5) is 2.50. The van der Waals surface area contributed by atoms with E-state index in [0.717, 1.165) is 45.8 Å². The van der Waals surface area contributed by atoms with E-state index in [1.807, 2.05) is 0 Å². The van der Waals surface area contributed by atoms with Crippen molar-refractivity contribution in [1.29, 1.82) is 0 Å². The molecule has 0 amide bonds. The van der Waals surface area contributed by atoms with Crippen LogP contribution in [0.4, 0.5) is 0 Å². The van der Waals surface area contributed by atoms with Crippen LogP contribution in [0.25, 0.3) is 0 Å². The van der Waals surface area contributed by atoms with E-state index in [1.165, 1.54) is 17.5 Å². The summed E-state index contributed by atoms with van der Waals surface area (Å²) in [5.74, 6) is 0. The lowest BCUT2D eigenvalue weighted by molar-refractivity contribution is 0.0668. The SMILES string of the molecule is CCCNCc1ccc(CN2CCCOC(C)C2)cc1. The molecule has 1 unspecified atom stereocenters. The minimum Gasteiger partial charge on any atom is -0.377 e. The quantitative estimate of drug-likeness (QED) is 0.809. The zero-order valence-corrected chi connectivity index (χ0v) is 12.9. The van der Waals surface area contributed by atoms with Crippen LogP contribution in [-0.4, -0.2) is 37.2 Å². The van der Waals surface area contributed by atoms with Gasteiger partial charge in [0.25, 0.3) is 0 Å². The van der Waals surface area contributed by atoms with Crippen molar-refractivity contribution in [3.8, 4) is 0 Å². The number of benzene rings is 1. The van der Waals surface area contributed by atoms with Crippen molar-refractivity contribution in [3.63, 3.8) is 0 Å². The summed E-state index contributed by atoms with van der Waals surface area (Å²) in [6, 6.07) is 9.02. The van der Waals surface area contributed by atoms with Crippen molar-refractivity contribution >= 4 is 0 Å². The number of ether oxygens (including phenoxy) is 1. The monoisotopic (exact) mass is 276 g/mol. The highest BCUT2D eigenvalue weighted by molar-refractivity contribution is 5.22. The van der Waals surface area contributed by atoms with Gasteiger partial charge in [0.05, 0.1) is 6.10 Å².